The van der Waals surface area contributed by atoms with Gasteiger partial charge in [-0.1, -0.05) is 34.1 Å². The summed E-state index contributed by atoms with van der Waals surface area (Å²) in [5.41, 5.74) is 2.13. The fraction of sp³-hybridized carbons (Fsp3) is 0.0625. The predicted octanol–water partition coefficient (Wildman–Crippen LogP) is 4.40. The first-order valence-electron chi connectivity index (χ1n) is 6.16. The molecule has 1 heterocycles. The fourth-order valence-electron chi connectivity index (χ4n) is 2.35. The summed E-state index contributed by atoms with van der Waals surface area (Å²) in [6.07, 6.45) is 2.59. The zero-order valence-corrected chi connectivity index (χ0v) is 12.1. The third-order valence-electron chi connectivity index (χ3n) is 3.29. The van der Waals surface area contributed by atoms with Gasteiger partial charge in [-0.05, 0) is 24.3 Å². The van der Waals surface area contributed by atoms with Crippen LogP contribution in [0.15, 0.2) is 53.1 Å². The maximum atomic E-state index is 13.8. The second kappa shape index (κ2) is 5.21. The van der Waals surface area contributed by atoms with Crippen molar-refractivity contribution in [3.63, 3.8) is 0 Å². The number of para-hydroxylation sites is 1. The number of aldehydes is 1. The van der Waals surface area contributed by atoms with Gasteiger partial charge in [0.2, 0.25) is 0 Å². The molecule has 3 rings (SSSR count). The number of hydrogen-bond donors (Lipinski definition) is 0. The standard InChI is InChI=1S/C16H11BrFNO/c17-13-5-6-15(18)11(7-13)8-19-9-12(10-20)14-3-1-2-4-16(14)19/h1-7,9-10H,8H2. The molecule has 3 aromatic rings. The monoisotopic (exact) mass is 331 g/mol. The third kappa shape index (κ3) is 2.27. The normalized spacial score (nSPS) is 10.9. The van der Waals surface area contributed by atoms with E-state index in [4.69, 9.17) is 0 Å². The van der Waals surface area contributed by atoms with E-state index in [1.807, 2.05) is 28.8 Å². The largest absolute Gasteiger partial charge is 0.342 e. The topological polar surface area (TPSA) is 22.0 Å². The molecule has 0 atom stereocenters. The smallest absolute Gasteiger partial charge is 0.152 e. The average Bonchev–Trinajstić information content (AvgIpc) is 2.81. The number of nitrogens with zero attached hydrogens (tertiary/aromatic N) is 1. The molecule has 0 saturated carbocycles. The van der Waals surface area contributed by atoms with Crippen molar-refractivity contribution in [3.05, 3.63) is 70.1 Å². The highest BCUT2D eigenvalue weighted by atomic mass is 79.9. The van der Waals surface area contributed by atoms with Crippen LogP contribution in [-0.2, 0) is 6.54 Å². The summed E-state index contributed by atoms with van der Waals surface area (Å²) in [6, 6.07) is 12.5. The lowest BCUT2D eigenvalue weighted by atomic mass is 10.2. The van der Waals surface area contributed by atoms with Crippen molar-refractivity contribution in [2.75, 3.05) is 0 Å². The number of fused-ring (bicyclic) bond motifs is 1. The highest BCUT2D eigenvalue weighted by molar-refractivity contribution is 9.10. The molecular weight excluding hydrogens is 321 g/mol. The molecule has 0 N–H and O–H groups in total. The molecule has 0 saturated heterocycles. The van der Waals surface area contributed by atoms with E-state index in [9.17, 15) is 9.18 Å². The van der Waals surface area contributed by atoms with Gasteiger partial charge >= 0.3 is 0 Å². The van der Waals surface area contributed by atoms with E-state index < -0.39 is 0 Å². The van der Waals surface area contributed by atoms with Gasteiger partial charge in [0, 0.05) is 32.7 Å². The molecule has 0 amide bonds. The van der Waals surface area contributed by atoms with Gasteiger partial charge < -0.3 is 4.57 Å². The molecule has 0 bridgehead atoms. The van der Waals surface area contributed by atoms with Crippen LogP contribution in [0.4, 0.5) is 4.39 Å². The molecule has 0 unspecified atom stereocenters. The van der Waals surface area contributed by atoms with Crippen LogP contribution in [0.3, 0.4) is 0 Å². The summed E-state index contributed by atoms with van der Waals surface area (Å²) in [6.45, 7) is 0.389. The van der Waals surface area contributed by atoms with E-state index in [2.05, 4.69) is 15.9 Å². The number of carbonyl (C=O) groups excluding carboxylic acids is 1. The van der Waals surface area contributed by atoms with Gasteiger partial charge in [0.15, 0.2) is 6.29 Å². The van der Waals surface area contributed by atoms with Gasteiger partial charge in [0.1, 0.15) is 5.82 Å². The van der Waals surface area contributed by atoms with E-state index in [0.29, 0.717) is 17.7 Å². The Kier molecular flexibility index (Phi) is 3.40. The van der Waals surface area contributed by atoms with Crippen molar-refractivity contribution in [2.24, 2.45) is 0 Å². The SMILES string of the molecule is O=Cc1cn(Cc2cc(Br)ccc2F)c2ccccc12. The van der Waals surface area contributed by atoms with Crippen LogP contribution in [0.2, 0.25) is 0 Å². The Bertz CT molecular complexity index is 794. The first-order chi connectivity index (χ1) is 9.69. The number of aromatic nitrogens is 1. The molecule has 2 aromatic carbocycles. The van der Waals surface area contributed by atoms with E-state index in [-0.39, 0.29) is 5.82 Å². The molecule has 1 aromatic heterocycles. The molecule has 2 nitrogen and oxygen atoms in total. The minimum absolute atomic E-state index is 0.251. The zero-order chi connectivity index (χ0) is 14.1. The first-order valence-corrected chi connectivity index (χ1v) is 6.95. The molecule has 20 heavy (non-hydrogen) atoms. The Morgan fingerprint density at radius 1 is 1.20 bits per heavy atom. The Balaban J connectivity index is 2.11. The summed E-state index contributed by atoms with van der Waals surface area (Å²) in [5, 5.41) is 0.887. The second-order valence-corrected chi connectivity index (χ2v) is 5.50. The van der Waals surface area contributed by atoms with E-state index in [1.165, 1.54) is 6.07 Å². The van der Waals surface area contributed by atoms with Gasteiger partial charge in [-0.15, -0.1) is 0 Å². The second-order valence-electron chi connectivity index (χ2n) is 4.58. The highest BCUT2D eigenvalue weighted by Gasteiger charge is 2.10. The van der Waals surface area contributed by atoms with Crippen molar-refractivity contribution < 1.29 is 9.18 Å². The van der Waals surface area contributed by atoms with E-state index in [0.717, 1.165) is 21.7 Å². The minimum atomic E-state index is -0.251. The van der Waals surface area contributed by atoms with Crippen molar-refractivity contribution >= 4 is 33.1 Å². The first kappa shape index (κ1) is 13.1. The number of hydrogen-bond acceptors (Lipinski definition) is 1. The van der Waals surface area contributed by atoms with Gasteiger partial charge in [-0.25, -0.2) is 4.39 Å². The molecule has 100 valence electrons. The molecule has 0 fully saturated rings. The molecule has 4 heteroatoms. The van der Waals surface area contributed by atoms with Gasteiger partial charge in [-0.3, -0.25) is 4.79 Å². The van der Waals surface area contributed by atoms with Gasteiger partial charge in [0.25, 0.3) is 0 Å². The summed E-state index contributed by atoms with van der Waals surface area (Å²) < 4.78 is 16.6. The van der Waals surface area contributed by atoms with Crippen LogP contribution in [0.25, 0.3) is 10.9 Å². The Hall–Kier alpha value is -1.94. The van der Waals surface area contributed by atoms with E-state index in [1.54, 1.807) is 18.3 Å². The third-order valence-corrected chi connectivity index (χ3v) is 3.79. The number of benzene rings is 2. The van der Waals surface area contributed by atoms with Crippen LogP contribution in [0.1, 0.15) is 15.9 Å². The summed E-state index contributed by atoms with van der Waals surface area (Å²) in [5.74, 6) is -0.251. The molecule has 0 aliphatic carbocycles. The number of carbonyl (C=O) groups is 1. The average molecular weight is 332 g/mol. The van der Waals surface area contributed by atoms with Gasteiger partial charge in [0.05, 0.1) is 6.54 Å². The number of halogens is 2. The fourth-order valence-corrected chi connectivity index (χ4v) is 2.76. The van der Waals surface area contributed by atoms with Crippen LogP contribution in [0, 0.1) is 5.82 Å². The quantitative estimate of drug-likeness (QED) is 0.652. The maximum absolute atomic E-state index is 13.8. The number of rotatable bonds is 3. The van der Waals surface area contributed by atoms with Crippen molar-refractivity contribution in [1.82, 2.24) is 4.57 Å². The van der Waals surface area contributed by atoms with Crippen LogP contribution < -0.4 is 0 Å². The van der Waals surface area contributed by atoms with Crippen LogP contribution in [-0.4, -0.2) is 10.9 Å². The molecule has 0 radical (unpaired) electrons. The lowest BCUT2D eigenvalue weighted by Crippen LogP contribution is -2.00. The molecule has 0 spiro atoms. The van der Waals surface area contributed by atoms with Crippen molar-refractivity contribution in [3.8, 4) is 0 Å². The summed E-state index contributed by atoms with van der Waals surface area (Å²) in [7, 11) is 0. The Labute approximate surface area is 124 Å². The van der Waals surface area contributed by atoms with Crippen molar-refractivity contribution in [2.45, 2.75) is 6.54 Å². The van der Waals surface area contributed by atoms with Crippen molar-refractivity contribution in [1.29, 1.82) is 0 Å². The minimum Gasteiger partial charge on any atom is -0.342 e. The molecular formula is C16H11BrFNO. The zero-order valence-electron chi connectivity index (χ0n) is 10.5. The molecule has 0 aliphatic heterocycles. The van der Waals surface area contributed by atoms with Crippen LogP contribution in [0.5, 0.6) is 0 Å². The van der Waals surface area contributed by atoms with Crippen LogP contribution >= 0.6 is 15.9 Å². The van der Waals surface area contributed by atoms with E-state index >= 15 is 0 Å². The van der Waals surface area contributed by atoms with Gasteiger partial charge in [-0.2, -0.15) is 0 Å². The molecule has 0 aliphatic rings. The summed E-state index contributed by atoms with van der Waals surface area (Å²) in [4.78, 5) is 11.1. The Morgan fingerprint density at radius 2 is 2.00 bits per heavy atom. The Morgan fingerprint density at radius 3 is 2.80 bits per heavy atom. The summed E-state index contributed by atoms with van der Waals surface area (Å²) >= 11 is 3.35. The highest BCUT2D eigenvalue weighted by Crippen LogP contribution is 2.23. The lowest BCUT2D eigenvalue weighted by molar-refractivity contribution is 0.112. The predicted molar refractivity (Wildman–Crippen MR) is 80.5 cm³/mol. The lowest BCUT2D eigenvalue weighted by Gasteiger charge is -2.07. The maximum Gasteiger partial charge on any atom is 0.152 e.